The smallest absolute Gasteiger partial charge is 0.0541 e. The molecule has 186 valence electrons. The molecule has 2 heteroatoms. The van der Waals surface area contributed by atoms with E-state index < -0.39 is 0 Å². The van der Waals surface area contributed by atoms with Crippen LogP contribution in [0.4, 0.5) is 17.1 Å². The van der Waals surface area contributed by atoms with Crippen LogP contribution in [0.25, 0.3) is 38.6 Å². The fourth-order valence-corrected chi connectivity index (χ4v) is 5.60. The molecule has 0 aliphatic rings. The van der Waals surface area contributed by atoms with Gasteiger partial charge in [0.05, 0.1) is 11.0 Å². The molecule has 0 N–H and O–H groups in total. The van der Waals surface area contributed by atoms with Crippen molar-refractivity contribution in [2.24, 2.45) is 0 Å². The van der Waals surface area contributed by atoms with E-state index in [9.17, 15) is 0 Å². The number of fused-ring (bicyclic) bond motifs is 3. The third-order valence-electron chi connectivity index (χ3n) is 7.42. The van der Waals surface area contributed by atoms with E-state index in [1.165, 1.54) is 44.2 Å². The molecule has 39 heavy (non-hydrogen) atoms. The van der Waals surface area contributed by atoms with E-state index in [1.807, 2.05) is 0 Å². The Morgan fingerprint density at radius 3 is 1.82 bits per heavy atom. The van der Waals surface area contributed by atoms with Crippen molar-refractivity contribution in [1.29, 1.82) is 0 Å². The summed E-state index contributed by atoms with van der Waals surface area (Å²) in [5, 5.41) is 2.53. The summed E-state index contributed by atoms with van der Waals surface area (Å²) in [6, 6.07) is 54.3. The standard InChI is InChI=1S/C37H28N2/c1-27-11-10-16-33(25-27)38(30-12-4-2-5-13-30)32-22-19-28(20-23-32)29-21-24-37-35(26-29)34-17-8-9-18-36(34)39(37)31-14-6-3-7-15-31/h2-26H,1H3. The Kier molecular flexibility index (Phi) is 5.71. The zero-order chi connectivity index (χ0) is 26.2. The number of hydrogen-bond acceptors (Lipinski definition) is 1. The monoisotopic (exact) mass is 500 g/mol. The predicted molar refractivity (Wildman–Crippen MR) is 166 cm³/mol. The molecule has 0 aliphatic heterocycles. The summed E-state index contributed by atoms with van der Waals surface area (Å²) in [7, 11) is 0. The molecule has 1 aromatic heterocycles. The molecule has 0 amide bonds. The van der Waals surface area contributed by atoms with Gasteiger partial charge in [-0.2, -0.15) is 0 Å². The highest BCUT2D eigenvalue weighted by Crippen LogP contribution is 2.38. The van der Waals surface area contributed by atoms with E-state index in [0.29, 0.717) is 0 Å². The predicted octanol–water partition coefficient (Wildman–Crippen LogP) is 10.2. The Hall–Kier alpha value is -5.08. The van der Waals surface area contributed by atoms with Crippen molar-refractivity contribution in [2.45, 2.75) is 6.92 Å². The molecule has 7 aromatic rings. The number of aromatic nitrogens is 1. The van der Waals surface area contributed by atoms with Crippen molar-refractivity contribution < 1.29 is 0 Å². The second-order valence-corrected chi connectivity index (χ2v) is 9.98. The molecule has 0 atom stereocenters. The minimum absolute atomic E-state index is 1.14. The number of aryl methyl sites for hydroxylation is 1. The van der Waals surface area contributed by atoms with Crippen LogP contribution >= 0.6 is 0 Å². The summed E-state index contributed by atoms with van der Waals surface area (Å²) >= 11 is 0. The van der Waals surface area contributed by atoms with E-state index in [1.54, 1.807) is 0 Å². The first-order valence-corrected chi connectivity index (χ1v) is 13.4. The molecule has 0 fully saturated rings. The first-order valence-electron chi connectivity index (χ1n) is 13.4. The molecular formula is C37H28N2. The summed E-state index contributed by atoms with van der Waals surface area (Å²) in [4.78, 5) is 2.31. The molecule has 0 spiro atoms. The maximum atomic E-state index is 2.36. The van der Waals surface area contributed by atoms with E-state index in [2.05, 4.69) is 168 Å². The molecule has 6 aromatic carbocycles. The topological polar surface area (TPSA) is 8.17 Å². The molecule has 1 heterocycles. The van der Waals surface area contributed by atoms with Gasteiger partial charge in [0, 0.05) is 33.5 Å². The normalized spacial score (nSPS) is 11.2. The van der Waals surface area contributed by atoms with Crippen LogP contribution < -0.4 is 4.90 Å². The van der Waals surface area contributed by atoms with Crippen molar-refractivity contribution in [3.05, 3.63) is 157 Å². The van der Waals surface area contributed by atoms with Crippen molar-refractivity contribution in [1.82, 2.24) is 4.57 Å². The molecule has 0 saturated carbocycles. The van der Waals surface area contributed by atoms with Crippen LogP contribution in [0.2, 0.25) is 0 Å². The van der Waals surface area contributed by atoms with Gasteiger partial charge < -0.3 is 9.47 Å². The number of benzene rings is 6. The van der Waals surface area contributed by atoms with Crippen LogP contribution in [-0.2, 0) is 0 Å². The number of para-hydroxylation sites is 3. The van der Waals surface area contributed by atoms with Gasteiger partial charge in [-0.1, -0.05) is 84.9 Å². The molecule has 7 rings (SSSR count). The van der Waals surface area contributed by atoms with Crippen molar-refractivity contribution in [3.63, 3.8) is 0 Å². The van der Waals surface area contributed by atoms with Crippen molar-refractivity contribution >= 4 is 38.9 Å². The maximum absolute atomic E-state index is 2.36. The zero-order valence-electron chi connectivity index (χ0n) is 21.8. The second-order valence-electron chi connectivity index (χ2n) is 9.98. The molecule has 2 nitrogen and oxygen atoms in total. The Bertz CT molecular complexity index is 1900. The number of nitrogens with zero attached hydrogens (tertiary/aromatic N) is 2. The van der Waals surface area contributed by atoms with Crippen LogP contribution in [0, 0.1) is 6.92 Å². The van der Waals surface area contributed by atoms with Gasteiger partial charge in [0.25, 0.3) is 0 Å². The van der Waals surface area contributed by atoms with Crippen molar-refractivity contribution in [2.75, 3.05) is 4.90 Å². The van der Waals surface area contributed by atoms with E-state index in [4.69, 9.17) is 0 Å². The number of hydrogen-bond donors (Lipinski definition) is 0. The van der Waals surface area contributed by atoms with Crippen LogP contribution in [0.3, 0.4) is 0 Å². The third kappa shape index (κ3) is 4.17. The summed E-state index contributed by atoms with van der Waals surface area (Å²) in [6.07, 6.45) is 0. The minimum Gasteiger partial charge on any atom is -0.310 e. The van der Waals surface area contributed by atoms with Crippen LogP contribution in [0.15, 0.2) is 152 Å². The lowest BCUT2D eigenvalue weighted by Gasteiger charge is -2.26. The van der Waals surface area contributed by atoms with Gasteiger partial charge in [0.1, 0.15) is 0 Å². The largest absolute Gasteiger partial charge is 0.310 e. The fraction of sp³-hybridized carbons (Fsp3) is 0.0270. The first kappa shape index (κ1) is 23.1. The van der Waals surface area contributed by atoms with Gasteiger partial charge in [-0.15, -0.1) is 0 Å². The highest BCUT2D eigenvalue weighted by molar-refractivity contribution is 6.10. The molecule has 0 unspecified atom stereocenters. The lowest BCUT2D eigenvalue weighted by Crippen LogP contribution is -2.09. The van der Waals surface area contributed by atoms with E-state index in [0.717, 1.165) is 17.1 Å². The Balaban J connectivity index is 1.32. The summed E-state index contributed by atoms with van der Waals surface area (Å²) in [6.45, 7) is 2.14. The quantitative estimate of drug-likeness (QED) is 0.228. The van der Waals surface area contributed by atoms with Crippen LogP contribution in [0.5, 0.6) is 0 Å². The molecule has 0 saturated heterocycles. The van der Waals surface area contributed by atoms with Gasteiger partial charge in [-0.3, -0.25) is 0 Å². The third-order valence-corrected chi connectivity index (χ3v) is 7.42. The maximum Gasteiger partial charge on any atom is 0.0541 e. The Morgan fingerprint density at radius 2 is 1.05 bits per heavy atom. The average molecular weight is 501 g/mol. The van der Waals surface area contributed by atoms with Gasteiger partial charge in [-0.25, -0.2) is 0 Å². The second kappa shape index (κ2) is 9.66. The summed E-state index contributed by atoms with van der Waals surface area (Å²) in [5.41, 5.74) is 10.7. The first-order chi connectivity index (χ1) is 19.3. The van der Waals surface area contributed by atoms with Crippen LogP contribution in [-0.4, -0.2) is 4.57 Å². The number of anilines is 3. The van der Waals surface area contributed by atoms with Gasteiger partial charge in [0.15, 0.2) is 0 Å². The molecule has 0 radical (unpaired) electrons. The number of rotatable bonds is 5. The lowest BCUT2D eigenvalue weighted by atomic mass is 10.0. The Labute approximate surface area is 229 Å². The highest BCUT2D eigenvalue weighted by atomic mass is 15.1. The fourth-order valence-electron chi connectivity index (χ4n) is 5.60. The minimum atomic E-state index is 1.14. The van der Waals surface area contributed by atoms with Gasteiger partial charge >= 0.3 is 0 Å². The van der Waals surface area contributed by atoms with Crippen LogP contribution in [0.1, 0.15) is 5.56 Å². The van der Waals surface area contributed by atoms with E-state index >= 15 is 0 Å². The van der Waals surface area contributed by atoms with Gasteiger partial charge in [0.2, 0.25) is 0 Å². The Morgan fingerprint density at radius 1 is 0.436 bits per heavy atom. The zero-order valence-corrected chi connectivity index (χ0v) is 21.8. The lowest BCUT2D eigenvalue weighted by molar-refractivity contribution is 1.18. The molecule has 0 bridgehead atoms. The highest BCUT2D eigenvalue weighted by Gasteiger charge is 2.15. The summed E-state index contributed by atoms with van der Waals surface area (Å²) < 4.78 is 2.36. The molecule has 0 aliphatic carbocycles. The SMILES string of the molecule is Cc1cccc(N(c2ccccc2)c2ccc(-c3ccc4c(c3)c3ccccc3n4-c3ccccc3)cc2)c1. The summed E-state index contributed by atoms with van der Waals surface area (Å²) in [5.74, 6) is 0. The van der Waals surface area contributed by atoms with Crippen molar-refractivity contribution in [3.8, 4) is 16.8 Å². The van der Waals surface area contributed by atoms with E-state index in [-0.39, 0.29) is 0 Å². The average Bonchev–Trinajstić information content (AvgIpc) is 3.32. The van der Waals surface area contributed by atoms with Gasteiger partial charge in [-0.05, 0) is 90.3 Å². The molecular weight excluding hydrogens is 472 g/mol.